The molecule has 0 aliphatic rings. The maximum atomic E-state index is 11.4. The number of nitrogens with zero attached hydrogens (tertiary/aromatic N) is 1. The molecule has 0 N–H and O–H groups in total. The van der Waals surface area contributed by atoms with Crippen molar-refractivity contribution in [3.63, 3.8) is 0 Å². The van der Waals surface area contributed by atoms with Gasteiger partial charge in [0, 0.05) is 13.0 Å². The van der Waals surface area contributed by atoms with Gasteiger partial charge in [-0.3, -0.25) is 9.63 Å². The van der Waals surface area contributed by atoms with Gasteiger partial charge in [0.1, 0.15) is 0 Å². The molecule has 0 bridgehead atoms. The zero-order valence-corrected chi connectivity index (χ0v) is 8.46. The van der Waals surface area contributed by atoms with Crippen molar-refractivity contribution >= 4 is 5.91 Å². The lowest BCUT2D eigenvalue weighted by Gasteiger charge is -2.18. The van der Waals surface area contributed by atoms with Gasteiger partial charge in [-0.1, -0.05) is 26.7 Å². The highest BCUT2D eigenvalue weighted by Gasteiger charge is 2.16. The predicted octanol–water partition coefficient (Wildman–Crippen LogP) is 1.83. The van der Waals surface area contributed by atoms with Gasteiger partial charge in [-0.05, 0) is 6.42 Å². The predicted molar refractivity (Wildman–Crippen MR) is 48.5 cm³/mol. The number of unbranched alkanes of at least 4 members (excludes halogenated alkanes) is 1. The van der Waals surface area contributed by atoms with E-state index in [9.17, 15) is 4.79 Å². The first-order chi connectivity index (χ1) is 5.63. The summed E-state index contributed by atoms with van der Waals surface area (Å²) in [5.74, 6) is 0.140. The van der Waals surface area contributed by atoms with Crippen LogP contribution >= 0.6 is 0 Å². The quantitative estimate of drug-likeness (QED) is 0.594. The third-order valence-corrected chi connectivity index (χ3v) is 2.00. The molecule has 72 valence electrons. The molecule has 0 fully saturated rings. The first-order valence-corrected chi connectivity index (χ1v) is 4.45. The van der Waals surface area contributed by atoms with E-state index in [0.29, 0.717) is 0 Å². The summed E-state index contributed by atoms with van der Waals surface area (Å²) in [5.41, 5.74) is 0. The van der Waals surface area contributed by atoms with E-state index in [-0.39, 0.29) is 11.8 Å². The van der Waals surface area contributed by atoms with Crippen molar-refractivity contribution in [2.45, 2.75) is 33.1 Å². The summed E-state index contributed by atoms with van der Waals surface area (Å²) in [6.45, 7) is 4.06. The molecule has 3 heteroatoms. The van der Waals surface area contributed by atoms with Crippen molar-refractivity contribution in [1.29, 1.82) is 0 Å². The molecule has 0 aromatic rings. The maximum Gasteiger partial charge on any atom is 0.248 e. The smallest absolute Gasteiger partial charge is 0.248 e. The van der Waals surface area contributed by atoms with Gasteiger partial charge in [0.05, 0.1) is 7.11 Å². The topological polar surface area (TPSA) is 29.5 Å². The molecule has 0 spiro atoms. The normalized spacial score (nSPS) is 12.7. The van der Waals surface area contributed by atoms with Crippen LogP contribution in [0.25, 0.3) is 0 Å². The Bertz CT molecular complexity index is 136. The Morgan fingerprint density at radius 2 is 2.17 bits per heavy atom. The average molecular weight is 173 g/mol. The second kappa shape index (κ2) is 6.00. The van der Waals surface area contributed by atoms with Crippen molar-refractivity contribution in [1.82, 2.24) is 5.06 Å². The van der Waals surface area contributed by atoms with Crippen LogP contribution in [0.5, 0.6) is 0 Å². The Balaban J connectivity index is 3.75. The van der Waals surface area contributed by atoms with Crippen LogP contribution in [0.2, 0.25) is 0 Å². The van der Waals surface area contributed by atoms with Gasteiger partial charge < -0.3 is 0 Å². The van der Waals surface area contributed by atoms with Crippen LogP contribution < -0.4 is 0 Å². The fraction of sp³-hybridized carbons (Fsp3) is 0.889. The summed E-state index contributed by atoms with van der Waals surface area (Å²) in [4.78, 5) is 16.2. The SMILES string of the molecule is CCCC[C@H](C)C(=O)N(C)OC. The van der Waals surface area contributed by atoms with Gasteiger partial charge >= 0.3 is 0 Å². The third-order valence-electron chi connectivity index (χ3n) is 2.00. The Labute approximate surface area is 74.6 Å². The zero-order chi connectivity index (χ0) is 9.56. The fourth-order valence-corrected chi connectivity index (χ4v) is 1.03. The van der Waals surface area contributed by atoms with Crippen LogP contribution in [-0.4, -0.2) is 25.1 Å². The molecular formula is C9H19NO2. The highest BCUT2D eigenvalue weighted by atomic mass is 16.7. The zero-order valence-electron chi connectivity index (χ0n) is 8.46. The van der Waals surface area contributed by atoms with Crippen LogP contribution in [0.15, 0.2) is 0 Å². The van der Waals surface area contributed by atoms with Crippen LogP contribution in [0, 0.1) is 5.92 Å². The van der Waals surface area contributed by atoms with E-state index in [2.05, 4.69) is 6.92 Å². The molecule has 12 heavy (non-hydrogen) atoms. The van der Waals surface area contributed by atoms with E-state index in [1.54, 1.807) is 7.05 Å². The van der Waals surface area contributed by atoms with Crippen LogP contribution in [0.3, 0.4) is 0 Å². The largest absolute Gasteiger partial charge is 0.275 e. The minimum Gasteiger partial charge on any atom is -0.275 e. The number of carbonyl (C=O) groups excluding carboxylic acids is 1. The number of hydrogen-bond donors (Lipinski definition) is 0. The molecule has 0 aromatic carbocycles. The Morgan fingerprint density at radius 3 is 2.58 bits per heavy atom. The Morgan fingerprint density at radius 1 is 1.58 bits per heavy atom. The summed E-state index contributed by atoms with van der Waals surface area (Å²) in [5, 5.41) is 1.29. The highest BCUT2D eigenvalue weighted by Crippen LogP contribution is 2.10. The minimum absolute atomic E-state index is 0.0611. The molecule has 0 saturated heterocycles. The van der Waals surface area contributed by atoms with Gasteiger partial charge in [0.2, 0.25) is 5.91 Å². The first-order valence-electron chi connectivity index (χ1n) is 4.45. The molecule has 0 radical (unpaired) electrons. The monoisotopic (exact) mass is 173 g/mol. The van der Waals surface area contributed by atoms with E-state index in [0.717, 1.165) is 19.3 Å². The van der Waals surface area contributed by atoms with Crippen molar-refractivity contribution in [3.8, 4) is 0 Å². The average Bonchev–Trinajstić information content (AvgIpc) is 2.11. The summed E-state index contributed by atoms with van der Waals surface area (Å²) < 4.78 is 0. The number of hydrogen-bond acceptors (Lipinski definition) is 2. The van der Waals surface area contributed by atoms with Crippen molar-refractivity contribution < 1.29 is 9.63 Å². The summed E-state index contributed by atoms with van der Waals surface area (Å²) >= 11 is 0. The molecule has 0 rings (SSSR count). The molecule has 0 aromatic heterocycles. The van der Waals surface area contributed by atoms with Gasteiger partial charge in [0.15, 0.2) is 0 Å². The Kier molecular flexibility index (Phi) is 5.72. The standard InChI is InChI=1S/C9H19NO2/c1-5-6-7-8(2)9(11)10(3)12-4/h8H,5-7H2,1-4H3/t8-/m0/s1. The van der Waals surface area contributed by atoms with Crippen molar-refractivity contribution in [2.75, 3.05) is 14.2 Å². The summed E-state index contributed by atoms with van der Waals surface area (Å²) in [7, 11) is 3.15. The molecule has 1 amide bonds. The first kappa shape index (κ1) is 11.4. The number of carbonyl (C=O) groups is 1. The maximum absolute atomic E-state index is 11.4. The molecule has 1 atom stereocenters. The van der Waals surface area contributed by atoms with Crippen LogP contribution in [0.1, 0.15) is 33.1 Å². The molecule has 3 nitrogen and oxygen atoms in total. The van der Waals surface area contributed by atoms with Gasteiger partial charge in [-0.25, -0.2) is 5.06 Å². The van der Waals surface area contributed by atoms with E-state index < -0.39 is 0 Å². The van der Waals surface area contributed by atoms with Crippen LogP contribution in [-0.2, 0) is 9.63 Å². The molecule has 0 aliphatic heterocycles. The van der Waals surface area contributed by atoms with E-state index in [1.807, 2.05) is 6.92 Å². The van der Waals surface area contributed by atoms with E-state index in [1.165, 1.54) is 12.2 Å². The molecule has 0 heterocycles. The van der Waals surface area contributed by atoms with Gasteiger partial charge in [-0.2, -0.15) is 0 Å². The van der Waals surface area contributed by atoms with E-state index >= 15 is 0 Å². The molecule has 0 saturated carbocycles. The number of rotatable bonds is 5. The third kappa shape index (κ3) is 3.72. The minimum atomic E-state index is 0.0611. The van der Waals surface area contributed by atoms with Crippen molar-refractivity contribution in [3.05, 3.63) is 0 Å². The summed E-state index contributed by atoms with van der Waals surface area (Å²) in [6.07, 6.45) is 3.18. The number of amides is 1. The molecule has 0 unspecified atom stereocenters. The molecular weight excluding hydrogens is 154 g/mol. The summed E-state index contributed by atoms with van der Waals surface area (Å²) in [6, 6.07) is 0. The Hall–Kier alpha value is -0.570. The molecule has 0 aliphatic carbocycles. The van der Waals surface area contributed by atoms with Crippen molar-refractivity contribution in [2.24, 2.45) is 5.92 Å². The van der Waals surface area contributed by atoms with E-state index in [4.69, 9.17) is 4.84 Å². The van der Waals surface area contributed by atoms with Crippen LogP contribution in [0.4, 0.5) is 0 Å². The lowest BCUT2D eigenvalue weighted by atomic mass is 10.0. The second-order valence-electron chi connectivity index (χ2n) is 3.06. The lowest BCUT2D eigenvalue weighted by Crippen LogP contribution is -2.30. The second-order valence-corrected chi connectivity index (χ2v) is 3.06. The van der Waals surface area contributed by atoms with Gasteiger partial charge in [0.25, 0.3) is 0 Å². The lowest BCUT2D eigenvalue weighted by molar-refractivity contribution is -0.173. The highest BCUT2D eigenvalue weighted by molar-refractivity contribution is 5.77. The van der Waals surface area contributed by atoms with Gasteiger partial charge in [-0.15, -0.1) is 0 Å². The number of hydroxylamine groups is 2. The fourth-order valence-electron chi connectivity index (χ4n) is 1.03.